The van der Waals surface area contributed by atoms with Gasteiger partial charge in [0, 0.05) is 13.0 Å². The third-order valence-corrected chi connectivity index (χ3v) is 3.35. The largest absolute Gasteiger partial charge is 0.481 e. The molecule has 0 saturated carbocycles. The molecule has 0 radical (unpaired) electrons. The Kier molecular flexibility index (Phi) is 5.91. The number of aryl methyl sites for hydroxylation is 1. The second-order valence-electron chi connectivity index (χ2n) is 5.00. The maximum Gasteiger partial charge on any atom is 0.303 e. The summed E-state index contributed by atoms with van der Waals surface area (Å²) >= 11 is 0. The molecule has 6 nitrogen and oxygen atoms in total. The van der Waals surface area contributed by atoms with Gasteiger partial charge >= 0.3 is 5.97 Å². The predicted octanol–water partition coefficient (Wildman–Crippen LogP) is 2.27. The zero-order valence-corrected chi connectivity index (χ0v) is 12.1. The van der Waals surface area contributed by atoms with Crippen molar-refractivity contribution in [3.05, 3.63) is 16.8 Å². The zero-order chi connectivity index (χ0) is 15.1. The molecule has 0 saturated heterocycles. The monoisotopic (exact) mass is 276 g/mol. The van der Waals surface area contributed by atoms with E-state index in [4.69, 9.17) is 10.4 Å². The molecule has 2 N–H and O–H groups in total. The average molecular weight is 276 g/mol. The molecule has 0 fully saturated rings. The highest BCUT2D eigenvalue weighted by Crippen LogP contribution is 2.17. The fourth-order valence-electron chi connectivity index (χ4n) is 1.82. The first-order chi connectivity index (χ1) is 9.45. The molecule has 0 aliphatic rings. The van der Waals surface area contributed by atoms with E-state index in [0.717, 1.165) is 17.7 Å². The lowest BCUT2D eigenvalue weighted by Crippen LogP contribution is -2.12. The Balaban J connectivity index is 2.53. The van der Waals surface area contributed by atoms with Crippen molar-refractivity contribution in [1.82, 2.24) is 10.2 Å². The smallest absolute Gasteiger partial charge is 0.303 e. The van der Waals surface area contributed by atoms with E-state index >= 15 is 0 Å². The van der Waals surface area contributed by atoms with Gasteiger partial charge in [0.2, 0.25) is 0 Å². The first-order valence-corrected chi connectivity index (χ1v) is 6.65. The lowest BCUT2D eigenvalue weighted by atomic mass is 10.0. The summed E-state index contributed by atoms with van der Waals surface area (Å²) in [4.78, 5) is 10.5. The van der Waals surface area contributed by atoms with Crippen LogP contribution in [0.4, 0.5) is 5.82 Å². The van der Waals surface area contributed by atoms with Gasteiger partial charge in [0.05, 0.1) is 5.69 Å². The average Bonchev–Trinajstić information content (AvgIpc) is 2.40. The van der Waals surface area contributed by atoms with E-state index in [1.807, 2.05) is 20.8 Å². The van der Waals surface area contributed by atoms with Crippen molar-refractivity contribution in [3.63, 3.8) is 0 Å². The Morgan fingerprint density at radius 1 is 1.40 bits per heavy atom. The predicted molar refractivity (Wildman–Crippen MR) is 75.4 cm³/mol. The highest BCUT2D eigenvalue weighted by Gasteiger charge is 2.11. The van der Waals surface area contributed by atoms with Gasteiger partial charge < -0.3 is 10.4 Å². The van der Waals surface area contributed by atoms with Crippen LogP contribution in [0.2, 0.25) is 0 Å². The molecule has 1 rings (SSSR count). The van der Waals surface area contributed by atoms with Crippen molar-refractivity contribution in [2.24, 2.45) is 5.92 Å². The van der Waals surface area contributed by atoms with E-state index in [-0.39, 0.29) is 6.42 Å². The second-order valence-corrected chi connectivity index (χ2v) is 5.00. The van der Waals surface area contributed by atoms with Crippen molar-refractivity contribution < 1.29 is 9.90 Å². The number of nitrogens with zero attached hydrogens (tertiary/aromatic N) is 3. The molecule has 1 unspecified atom stereocenters. The molecule has 0 aromatic carbocycles. The molecule has 0 bridgehead atoms. The van der Waals surface area contributed by atoms with Crippen LogP contribution < -0.4 is 5.32 Å². The molecule has 0 aliphatic heterocycles. The normalized spacial score (nSPS) is 11.7. The van der Waals surface area contributed by atoms with E-state index < -0.39 is 5.97 Å². The standard InChI is InChI=1S/C14H20N4O2/c1-9(4-5-13(19)20)6-7-16-14-12(8-15)10(2)11(3)17-18-14/h9H,4-7H2,1-3H3,(H,16,18)(H,19,20). The van der Waals surface area contributed by atoms with Gasteiger partial charge in [-0.1, -0.05) is 6.92 Å². The first kappa shape index (κ1) is 15.9. The van der Waals surface area contributed by atoms with Gasteiger partial charge in [-0.25, -0.2) is 0 Å². The quantitative estimate of drug-likeness (QED) is 0.792. The molecular weight excluding hydrogens is 256 g/mol. The summed E-state index contributed by atoms with van der Waals surface area (Å²) in [5.74, 6) is 0.0428. The van der Waals surface area contributed by atoms with Gasteiger partial charge in [-0.2, -0.15) is 10.4 Å². The van der Waals surface area contributed by atoms with Crippen LogP contribution in [-0.4, -0.2) is 27.8 Å². The Morgan fingerprint density at radius 3 is 2.70 bits per heavy atom. The van der Waals surface area contributed by atoms with Crippen LogP contribution in [0, 0.1) is 31.1 Å². The summed E-state index contributed by atoms with van der Waals surface area (Å²) in [7, 11) is 0. The molecule has 20 heavy (non-hydrogen) atoms. The van der Waals surface area contributed by atoms with Crippen LogP contribution in [0.3, 0.4) is 0 Å². The first-order valence-electron chi connectivity index (χ1n) is 6.65. The maximum atomic E-state index is 10.5. The number of carboxylic acids is 1. The fraction of sp³-hybridized carbons (Fsp3) is 0.571. The second kappa shape index (κ2) is 7.43. The Bertz CT molecular complexity index is 523. The Hall–Kier alpha value is -2.16. The van der Waals surface area contributed by atoms with Crippen molar-refractivity contribution in [1.29, 1.82) is 5.26 Å². The molecule has 1 aromatic rings. The number of aromatic nitrogens is 2. The lowest BCUT2D eigenvalue weighted by Gasteiger charge is -2.12. The number of nitrogens with one attached hydrogen (secondary N) is 1. The summed E-state index contributed by atoms with van der Waals surface area (Å²) in [5, 5.41) is 28.9. The van der Waals surface area contributed by atoms with Crippen molar-refractivity contribution >= 4 is 11.8 Å². The van der Waals surface area contributed by atoms with Gasteiger partial charge in [0.15, 0.2) is 5.82 Å². The van der Waals surface area contributed by atoms with Crippen LogP contribution in [0.15, 0.2) is 0 Å². The Labute approximate surface area is 118 Å². The van der Waals surface area contributed by atoms with Gasteiger partial charge in [0.1, 0.15) is 11.6 Å². The molecule has 1 heterocycles. The number of hydrogen-bond donors (Lipinski definition) is 2. The minimum Gasteiger partial charge on any atom is -0.481 e. The van der Waals surface area contributed by atoms with Crippen LogP contribution in [0.5, 0.6) is 0 Å². The third-order valence-electron chi connectivity index (χ3n) is 3.35. The summed E-state index contributed by atoms with van der Waals surface area (Å²) in [5.41, 5.74) is 2.11. The molecule has 108 valence electrons. The van der Waals surface area contributed by atoms with Gasteiger partial charge in [-0.3, -0.25) is 4.79 Å². The minimum absolute atomic E-state index is 0.189. The molecule has 0 spiro atoms. The number of anilines is 1. The molecule has 1 aromatic heterocycles. The lowest BCUT2D eigenvalue weighted by molar-refractivity contribution is -0.137. The number of carboxylic acid groups (broad SMARTS) is 1. The van der Waals surface area contributed by atoms with E-state index in [0.29, 0.717) is 30.3 Å². The number of nitriles is 1. The summed E-state index contributed by atoms with van der Waals surface area (Å²) in [6.45, 7) is 6.33. The van der Waals surface area contributed by atoms with Crippen LogP contribution >= 0.6 is 0 Å². The van der Waals surface area contributed by atoms with Crippen LogP contribution in [0.1, 0.15) is 43.0 Å². The highest BCUT2D eigenvalue weighted by atomic mass is 16.4. The summed E-state index contributed by atoms with van der Waals surface area (Å²) in [6, 6.07) is 2.14. The SMILES string of the molecule is Cc1nnc(NCCC(C)CCC(=O)O)c(C#N)c1C. The van der Waals surface area contributed by atoms with Crippen molar-refractivity contribution in [3.8, 4) is 6.07 Å². The van der Waals surface area contributed by atoms with Gasteiger partial charge in [0.25, 0.3) is 0 Å². The van der Waals surface area contributed by atoms with Crippen LogP contribution in [-0.2, 0) is 4.79 Å². The van der Waals surface area contributed by atoms with E-state index in [9.17, 15) is 4.79 Å². The topological polar surface area (TPSA) is 98.9 Å². The minimum atomic E-state index is -0.767. The van der Waals surface area contributed by atoms with Gasteiger partial charge in [-0.05, 0) is 38.2 Å². The van der Waals surface area contributed by atoms with E-state index in [1.165, 1.54) is 0 Å². The zero-order valence-electron chi connectivity index (χ0n) is 12.1. The summed E-state index contributed by atoms with van der Waals surface area (Å²) < 4.78 is 0. The number of hydrogen-bond acceptors (Lipinski definition) is 5. The van der Waals surface area contributed by atoms with E-state index in [2.05, 4.69) is 21.6 Å². The molecular formula is C14H20N4O2. The highest BCUT2D eigenvalue weighted by molar-refractivity contribution is 5.66. The van der Waals surface area contributed by atoms with Crippen LogP contribution in [0.25, 0.3) is 0 Å². The summed E-state index contributed by atoms with van der Waals surface area (Å²) in [6.07, 6.45) is 1.67. The molecule has 6 heteroatoms. The molecule has 0 aliphatic carbocycles. The molecule has 0 amide bonds. The number of rotatable bonds is 7. The van der Waals surface area contributed by atoms with E-state index in [1.54, 1.807) is 0 Å². The Morgan fingerprint density at radius 2 is 2.10 bits per heavy atom. The maximum absolute atomic E-state index is 10.5. The number of aliphatic carboxylic acids is 1. The van der Waals surface area contributed by atoms with Crippen molar-refractivity contribution in [2.45, 2.75) is 40.0 Å². The number of carbonyl (C=O) groups is 1. The molecule has 1 atom stereocenters. The fourth-order valence-corrected chi connectivity index (χ4v) is 1.82. The third kappa shape index (κ3) is 4.50. The van der Waals surface area contributed by atoms with Gasteiger partial charge in [-0.15, -0.1) is 5.10 Å². The van der Waals surface area contributed by atoms with Crippen molar-refractivity contribution in [2.75, 3.05) is 11.9 Å².